The van der Waals surface area contributed by atoms with Crippen LogP contribution in [0.4, 0.5) is 0 Å². The van der Waals surface area contributed by atoms with E-state index in [1.54, 1.807) is 0 Å². The van der Waals surface area contributed by atoms with Gasteiger partial charge in [-0.25, -0.2) is 13.2 Å². The van der Waals surface area contributed by atoms with E-state index >= 15 is 0 Å². The molecule has 0 unspecified atom stereocenters. The first-order chi connectivity index (χ1) is 11.0. The summed E-state index contributed by atoms with van der Waals surface area (Å²) < 4.78 is 32.1. The highest BCUT2D eigenvalue weighted by atomic mass is 32.2. The van der Waals surface area contributed by atoms with Gasteiger partial charge in [0.25, 0.3) is 0 Å². The fourth-order valence-corrected chi connectivity index (χ4v) is 3.98. The van der Waals surface area contributed by atoms with Crippen LogP contribution in [0.25, 0.3) is 0 Å². The fourth-order valence-electron chi connectivity index (χ4n) is 2.50. The molecule has 1 fully saturated rings. The van der Waals surface area contributed by atoms with E-state index in [4.69, 9.17) is 9.84 Å². The number of hydrogen-bond donors (Lipinski definition) is 2. The molecule has 0 aliphatic carbocycles. The Hall–Kier alpha value is -2.32. The van der Waals surface area contributed by atoms with Crippen LogP contribution in [-0.4, -0.2) is 48.0 Å². The predicted molar refractivity (Wildman–Crippen MR) is 82.0 cm³/mol. The van der Waals surface area contributed by atoms with E-state index in [2.05, 4.69) is 4.98 Å². The Morgan fingerprint density at radius 3 is 2.70 bits per heavy atom. The Morgan fingerprint density at radius 2 is 2.04 bits per heavy atom. The number of nitrogens with one attached hydrogen (secondary N) is 1. The van der Waals surface area contributed by atoms with Gasteiger partial charge < -0.3 is 14.8 Å². The van der Waals surface area contributed by atoms with Crippen LogP contribution in [0.3, 0.4) is 0 Å². The summed E-state index contributed by atoms with van der Waals surface area (Å²) in [7, 11) is -3.72. The minimum atomic E-state index is -3.72. The molecule has 3 rings (SSSR count). The molecule has 1 aromatic heterocycles. The van der Waals surface area contributed by atoms with Crippen LogP contribution in [0, 0.1) is 0 Å². The predicted octanol–water partition coefficient (Wildman–Crippen LogP) is 1.55. The number of rotatable bonds is 5. The number of aromatic carboxylic acids is 1. The molecule has 0 radical (unpaired) electrons. The summed E-state index contributed by atoms with van der Waals surface area (Å²) in [4.78, 5) is 13.3. The van der Waals surface area contributed by atoms with Crippen LogP contribution in [0.5, 0.6) is 5.75 Å². The Kier molecular flexibility index (Phi) is 4.10. The van der Waals surface area contributed by atoms with Crippen molar-refractivity contribution in [1.29, 1.82) is 0 Å². The second-order valence-corrected chi connectivity index (χ2v) is 7.20. The molecule has 0 bridgehead atoms. The third kappa shape index (κ3) is 3.22. The molecule has 1 aromatic carbocycles. The van der Waals surface area contributed by atoms with Crippen LogP contribution in [0.1, 0.15) is 16.9 Å². The highest BCUT2D eigenvalue weighted by Crippen LogP contribution is 2.24. The van der Waals surface area contributed by atoms with Gasteiger partial charge in [0.15, 0.2) is 0 Å². The zero-order valence-corrected chi connectivity index (χ0v) is 13.0. The molecule has 1 aliphatic rings. The average molecular weight is 336 g/mol. The van der Waals surface area contributed by atoms with Crippen LogP contribution in [-0.2, 0) is 10.0 Å². The summed E-state index contributed by atoms with van der Waals surface area (Å²) in [6.07, 6.45) is 1.57. The van der Waals surface area contributed by atoms with E-state index in [1.165, 1.54) is 10.5 Å². The maximum atomic E-state index is 12.5. The number of carboxylic acid groups (broad SMARTS) is 1. The first-order valence-electron chi connectivity index (χ1n) is 7.10. The topological polar surface area (TPSA) is 99.7 Å². The summed E-state index contributed by atoms with van der Waals surface area (Å²) in [5.41, 5.74) is -0.153. The van der Waals surface area contributed by atoms with E-state index in [9.17, 15) is 13.2 Å². The molecule has 7 nitrogen and oxygen atoms in total. The van der Waals surface area contributed by atoms with Gasteiger partial charge in [0, 0.05) is 12.7 Å². The van der Waals surface area contributed by atoms with E-state index in [-0.39, 0.29) is 23.2 Å². The van der Waals surface area contributed by atoms with Crippen molar-refractivity contribution < 1.29 is 23.1 Å². The first kappa shape index (κ1) is 15.6. The monoisotopic (exact) mass is 336 g/mol. The number of nitrogens with zero attached hydrogens (tertiary/aromatic N) is 1. The average Bonchev–Trinajstić information content (AvgIpc) is 3.18. The molecule has 122 valence electrons. The second-order valence-electron chi connectivity index (χ2n) is 5.26. The normalized spacial score (nSPS) is 18.9. The Labute approximate surface area is 133 Å². The number of aromatic amines is 1. The van der Waals surface area contributed by atoms with Gasteiger partial charge in [-0.1, -0.05) is 18.2 Å². The van der Waals surface area contributed by atoms with E-state index in [0.29, 0.717) is 18.7 Å². The van der Waals surface area contributed by atoms with Crippen molar-refractivity contribution >= 4 is 16.0 Å². The quantitative estimate of drug-likeness (QED) is 0.863. The maximum absolute atomic E-state index is 12.5. The van der Waals surface area contributed by atoms with Crippen molar-refractivity contribution in [2.24, 2.45) is 0 Å². The number of hydrogen-bond acceptors (Lipinski definition) is 4. The molecule has 2 aromatic rings. The molecule has 23 heavy (non-hydrogen) atoms. The van der Waals surface area contributed by atoms with Crippen LogP contribution in [0.2, 0.25) is 0 Å². The van der Waals surface area contributed by atoms with Gasteiger partial charge in [-0.3, -0.25) is 0 Å². The SMILES string of the molecule is O=C(O)c1cc(S(=O)(=O)N2CC[C@H](Oc3ccccc3)C2)c[nH]1. The van der Waals surface area contributed by atoms with Crippen molar-refractivity contribution in [3.63, 3.8) is 0 Å². The van der Waals surface area contributed by atoms with E-state index in [0.717, 1.165) is 6.07 Å². The number of para-hydroxylation sites is 1. The van der Waals surface area contributed by atoms with Gasteiger partial charge in [0.05, 0.1) is 6.54 Å². The third-order valence-corrected chi connectivity index (χ3v) is 5.52. The molecule has 0 amide bonds. The van der Waals surface area contributed by atoms with Crippen LogP contribution in [0.15, 0.2) is 47.5 Å². The lowest BCUT2D eigenvalue weighted by atomic mass is 10.3. The largest absolute Gasteiger partial charge is 0.489 e. The highest BCUT2D eigenvalue weighted by molar-refractivity contribution is 7.89. The zero-order chi connectivity index (χ0) is 16.4. The number of benzene rings is 1. The third-order valence-electron chi connectivity index (χ3n) is 3.68. The minimum absolute atomic E-state index is 0.0461. The van der Waals surface area contributed by atoms with Crippen molar-refractivity contribution in [2.75, 3.05) is 13.1 Å². The zero-order valence-electron chi connectivity index (χ0n) is 12.2. The number of sulfonamides is 1. The fraction of sp³-hybridized carbons (Fsp3) is 0.267. The highest BCUT2D eigenvalue weighted by Gasteiger charge is 2.34. The number of carboxylic acids is 1. The molecule has 1 aliphatic heterocycles. The second kappa shape index (κ2) is 6.05. The Bertz CT molecular complexity index is 800. The van der Waals surface area contributed by atoms with Gasteiger partial charge in [0.1, 0.15) is 22.4 Å². The molecule has 1 saturated heterocycles. The van der Waals surface area contributed by atoms with E-state index < -0.39 is 16.0 Å². The van der Waals surface area contributed by atoms with Gasteiger partial charge >= 0.3 is 5.97 Å². The number of aromatic nitrogens is 1. The van der Waals surface area contributed by atoms with Crippen molar-refractivity contribution in [3.8, 4) is 5.75 Å². The van der Waals surface area contributed by atoms with Crippen molar-refractivity contribution in [1.82, 2.24) is 9.29 Å². The molecular weight excluding hydrogens is 320 g/mol. The molecule has 8 heteroatoms. The molecule has 0 saturated carbocycles. The molecule has 0 spiro atoms. The van der Waals surface area contributed by atoms with Gasteiger partial charge in [-0.2, -0.15) is 4.31 Å². The lowest BCUT2D eigenvalue weighted by molar-refractivity contribution is 0.0691. The summed E-state index contributed by atoms with van der Waals surface area (Å²) >= 11 is 0. The summed E-state index contributed by atoms with van der Waals surface area (Å²) in [5.74, 6) is -0.496. The smallest absolute Gasteiger partial charge is 0.352 e. The van der Waals surface area contributed by atoms with Gasteiger partial charge in [0.2, 0.25) is 10.0 Å². The lowest BCUT2D eigenvalue weighted by Gasteiger charge is -2.16. The number of H-pyrrole nitrogens is 1. The summed E-state index contributed by atoms with van der Waals surface area (Å²) in [6.45, 7) is 0.582. The number of ether oxygens (including phenoxy) is 1. The van der Waals surface area contributed by atoms with E-state index in [1.807, 2.05) is 30.3 Å². The standard InChI is InChI=1S/C15H16N2O5S/c18-15(19)14-8-13(9-16-14)23(20,21)17-7-6-12(10-17)22-11-4-2-1-3-5-11/h1-5,8-9,12,16H,6-7,10H2,(H,18,19)/t12-/m0/s1. The minimum Gasteiger partial charge on any atom is -0.489 e. The van der Waals surface area contributed by atoms with Crippen LogP contribution < -0.4 is 4.74 Å². The van der Waals surface area contributed by atoms with Crippen LogP contribution >= 0.6 is 0 Å². The molecule has 1 atom stereocenters. The Morgan fingerprint density at radius 1 is 1.30 bits per heavy atom. The van der Waals surface area contributed by atoms with Gasteiger partial charge in [-0.05, 0) is 24.6 Å². The van der Waals surface area contributed by atoms with Gasteiger partial charge in [-0.15, -0.1) is 0 Å². The number of carbonyl (C=O) groups is 1. The molecule has 2 N–H and O–H groups in total. The summed E-state index contributed by atoms with van der Waals surface area (Å²) in [5, 5.41) is 8.88. The molecule has 2 heterocycles. The first-order valence-corrected chi connectivity index (χ1v) is 8.54. The summed E-state index contributed by atoms with van der Waals surface area (Å²) in [6, 6.07) is 10.4. The van der Waals surface area contributed by atoms with Crippen molar-refractivity contribution in [2.45, 2.75) is 17.4 Å². The van der Waals surface area contributed by atoms with Crippen molar-refractivity contribution in [3.05, 3.63) is 48.3 Å². The lowest BCUT2D eigenvalue weighted by Crippen LogP contribution is -2.30. The maximum Gasteiger partial charge on any atom is 0.352 e. The molecular formula is C15H16N2O5S. The Balaban J connectivity index is 1.71.